The van der Waals surface area contributed by atoms with E-state index in [2.05, 4.69) is 248 Å². The van der Waals surface area contributed by atoms with Crippen LogP contribution in [0.4, 0.5) is 17.1 Å². The van der Waals surface area contributed by atoms with Gasteiger partial charge in [0.2, 0.25) is 0 Å². The lowest BCUT2D eigenvalue weighted by Crippen LogP contribution is -2.16. The number of nitrogens with zero attached hydrogens (tertiary/aromatic N) is 2. The minimum atomic E-state index is -0.135. The summed E-state index contributed by atoms with van der Waals surface area (Å²) >= 11 is 0. The minimum absolute atomic E-state index is 0.135. The second-order valence-corrected chi connectivity index (χ2v) is 19.9. The molecule has 0 amide bonds. The first-order chi connectivity index (χ1) is 34.0. The highest BCUT2D eigenvalue weighted by molar-refractivity contribution is 6.10. The van der Waals surface area contributed by atoms with Crippen LogP contribution in [0, 0.1) is 0 Å². The van der Waals surface area contributed by atoms with E-state index in [1.165, 1.54) is 132 Å². The fourth-order valence-corrected chi connectivity index (χ4v) is 12.4. The monoisotopic (exact) mass is 886 g/mol. The fraction of sp³-hybridized carbons (Fsp3) is 0.134. The van der Waals surface area contributed by atoms with Gasteiger partial charge in [-0.3, -0.25) is 0 Å². The molecular weight excluding hydrogens is 833 g/mol. The molecule has 2 aliphatic carbocycles. The van der Waals surface area contributed by atoms with Gasteiger partial charge in [-0.2, -0.15) is 0 Å². The van der Waals surface area contributed by atoms with Gasteiger partial charge in [-0.05, 0) is 140 Å². The van der Waals surface area contributed by atoms with E-state index in [-0.39, 0.29) is 5.41 Å². The van der Waals surface area contributed by atoms with E-state index >= 15 is 0 Å². The van der Waals surface area contributed by atoms with Gasteiger partial charge in [-0.1, -0.05) is 203 Å². The molecular formula is C67H54N2. The molecule has 0 saturated heterocycles. The van der Waals surface area contributed by atoms with Crippen molar-refractivity contribution < 1.29 is 0 Å². The third kappa shape index (κ3) is 6.84. The van der Waals surface area contributed by atoms with E-state index in [1.807, 2.05) is 0 Å². The number of hydrogen-bond acceptors (Lipinski definition) is 1. The van der Waals surface area contributed by atoms with Gasteiger partial charge in [-0.15, -0.1) is 0 Å². The number of rotatable bonds is 8. The SMILES string of the molecule is CC1(C)c2ccccc2-c2cccc(-c3cccc(N(c4ccc(-c5ccc6c7ccccc7n(-c7ccccc7)c6c5)cc4)c4ccccc4-c4cccc5cccc(C6CCCCC6)c45)c3)c21. The summed E-state index contributed by atoms with van der Waals surface area (Å²) in [6.07, 6.45) is 6.46. The average Bonchev–Trinajstić information content (AvgIpc) is 3.87. The Kier molecular flexibility index (Phi) is 9.98. The second-order valence-electron chi connectivity index (χ2n) is 19.9. The summed E-state index contributed by atoms with van der Waals surface area (Å²) in [5, 5.41) is 5.23. The molecule has 0 radical (unpaired) electrons. The van der Waals surface area contributed by atoms with Gasteiger partial charge in [0.15, 0.2) is 0 Å². The third-order valence-corrected chi connectivity index (χ3v) is 15.6. The lowest BCUT2D eigenvalue weighted by Gasteiger charge is -2.30. The minimum Gasteiger partial charge on any atom is -0.310 e. The van der Waals surface area contributed by atoms with Crippen molar-refractivity contribution in [2.75, 3.05) is 4.90 Å². The van der Waals surface area contributed by atoms with Crippen molar-refractivity contribution in [2.45, 2.75) is 57.3 Å². The van der Waals surface area contributed by atoms with Crippen LogP contribution in [0.2, 0.25) is 0 Å². The van der Waals surface area contributed by atoms with Crippen LogP contribution in [0.5, 0.6) is 0 Å². The standard InChI is InChI=1S/C67H54N2/c1-67(2)61-34-12-9-27-55(61)60-33-18-31-54(66(60)67)49-23-15-26-52(43-49)68(62-35-13-11-29-57(62)59-32-17-22-47-21-16-30-53(65(47)59)46-19-5-3-6-20-46)51-40-37-45(38-41-51)48-39-42-58-56-28-10-14-36-63(56)69(64(58)44-48)50-24-7-4-8-25-50/h4,7-18,21-44,46H,3,5-6,19-20H2,1-2H3. The van der Waals surface area contributed by atoms with Crippen molar-refractivity contribution in [3.63, 3.8) is 0 Å². The van der Waals surface area contributed by atoms with E-state index in [9.17, 15) is 0 Å². The van der Waals surface area contributed by atoms with Crippen LogP contribution >= 0.6 is 0 Å². The molecule has 0 spiro atoms. The molecule has 0 unspecified atom stereocenters. The lowest BCUT2D eigenvalue weighted by molar-refractivity contribution is 0.445. The molecule has 2 heteroatoms. The lowest BCUT2D eigenvalue weighted by atomic mass is 9.79. The van der Waals surface area contributed by atoms with Crippen molar-refractivity contribution >= 4 is 49.6 Å². The second kappa shape index (κ2) is 16.7. The van der Waals surface area contributed by atoms with Gasteiger partial charge in [0.1, 0.15) is 0 Å². The van der Waals surface area contributed by atoms with Gasteiger partial charge in [-0.25, -0.2) is 0 Å². The van der Waals surface area contributed by atoms with E-state index in [0.29, 0.717) is 5.92 Å². The summed E-state index contributed by atoms with van der Waals surface area (Å²) in [4.78, 5) is 2.50. The maximum atomic E-state index is 2.50. The van der Waals surface area contributed by atoms with Gasteiger partial charge >= 0.3 is 0 Å². The average molecular weight is 887 g/mol. The van der Waals surface area contributed by atoms with Crippen LogP contribution in [0.25, 0.3) is 82.8 Å². The molecule has 1 aromatic heterocycles. The summed E-state index contributed by atoms with van der Waals surface area (Å²) in [6, 6.07) is 83.9. The first-order valence-electron chi connectivity index (χ1n) is 25.0. The Hall–Kier alpha value is -7.94. The molecule has 1 fully saturated rings. The zero-order chi connectivity index (χ0) is 46.1. The van der Waals surface area contributed by atoms with Crippen LogP contribution in [-0.4, -0.2) is 4.57 Å². The van der Waals surface area contributed by atoms with Crippen LogP contribution in [0.3, 0.4) is 0 Å². The molecule has 69 heavy (non-hydrogen) atoms. The number of hydrogen-bond donors (Lipinski definition) is 0. The van der Waals surface area contributed by atoms with Crippen molar-refractivity contribution in [1.82, 2.24) is 4.57 Å². The predicted octanol–water partition coefficient (Wildman–Crippen LogP) is 18.8. The first-order valence-corrected chi connectivity index (χ1v) is 25.0. The predicted molar refractivity (Wildman–Crippen MR) is 293 cm³/mol. The van der Waals surface area contributed by atoms with Gasteiger partial charge in [0.05, 0.1) is 16.7 Å². The maximum Gasteiger partial charge on any atom is 0.0547 e. The Labute approximate surface area is 405 Å². The molecule has 13 rings (SSSR count). The summed E-state index contributed by atoms with van der Waals surface area (Å²) in [5.74, 6) is 0.576. The highest BCUT2D eigenvalue weighted by atomic mass is 15.1. The van der Waals surface area contributed by atoms with E-state index in [1.54, 1.807) is 0 Å². The quantitative estimate of drug-likeness (QED) is 0.148. The summed E-state index contributed by atoms with van der Waals surface area (Å²) in [6.45, 7) is 4.78. The molecule has 10 aromatic carbocycles. The van der Waals surface area contributed by atoms with E-state index in [0.717, 1.165) is 17.1 Å². The van der Waals surface area contributed by atoms with Crippen LogP contribution in [-0.2, 0) is 5.41 Å². The molecule has 2 aliphatic rings. The molecule has 2 nitrogen and oxygen atoms in total. The molecule has 11 aromatic rings. The third-order valence-electron chi connectivity index (χ3n) is 15.6. The molecule has 0 N–H and O–H groups in total. The van der Waals surface area contributed by atoms with Crippen LogP contribution < -0.4 is 4.90 Å². The van der Waals surface area contributed by atoms with Gasteiger partial charge in [0, 0.05) is 38.8 Å². The Balaban J connectivity index is 0.981. The topological polar surface area (TPSA) is 8.17 Å². The van der Waals surface area contributed by atoms with Crippen molar-refractivity contribution in [3.05, 3.63) is 241 Å². The largest absolute Gasteiger partial charge is 0.310 e. The zero-order valence-corrected chi connectivity index (χ0v) is 39.4. The highest BCUT2D eigenvalue weighted by Crippen LogP contribution is 2.53. The van der Waals surface area contributed by atoms with E-state index in [4.69, 9.17) is 0 Å². The molecule has 1 heterocycles. The smallest absolute Gasteiger partial charge is 0.0547 e. The van der Waals surface area contributed by atoms with Gasteiger partial charge in [0.25, 0.3) is 0 Å². The number of fused-ring (bicyclic) bond motifs is 7. The number of aromatic nitrogens is 1. The molecule has 0 aliphatic heterocycles. The van der Waals surface area contributed by atoms with E-state index < -0.39 is 0 Å². The Morgan fingerprint density at radius 2 is 1.09 bits per heavy atom. The summed E-state index contributed by atoms with van der Waals surface area (Å²) in [7, 11) is 0. The summed E-state index contributed by atoms with van der Waals surface area (Å²) in [5.41, 5.74) is 21.2. The molecule has 332 valence electrons. The van der Waals surface area contributed by atoms with Crippen LogP contribution in [0.1, 0.15) is 68.6 Å². The van der Waals surface area contributed by atoms with Crippen molar-refractivity contribution in [1.29, 1.82) is 0 Å². The first kappa shape index (κ1) is 41.3. The number of para-hydroxylation sites is 3. The Morgan fingerprint density at radius 1 is 0.435 bits per heavy atom. The maximum absolute atomic E-state index is 2.50. The zero-order valence-electron chi connectivity index (χ0n) is 39.4. The Bertz CT molecular complexity index is 3730. The fourth-order valence-electron chi connectivity index (χ4n) is 12.4. The van der Waals surface area contributed by atoms with Gasteiger partial charge < -0.3 is 9.47 Å². The number of anilines is 3. The summed E-state index contributed by atoms with van der Waals surface area (Å²) < 4.78 is 2.41. The molecule has 0 bridgehead atoms. The molecule has 0 atom stereocenters. The number of benzene rings is 10. The molecule has 1 saturated carbocycles. The Morgan fingerprint density at radius 3 is 1.94 bits per heavy atom. The van der Waals surface area contributed by atoms with Crippen molar-refractivity contribution in [3.8, 4) is 50.2 Å². The van der Waals surface area contributed by atoms with Crippen molar-refractivity contribution in [2.24, 2.45) is 0 Å². The highest BCUT2D eigenvalue weighted by Gasteiger charge is 2.37. The van der Waals surface area contributed by atoms with Crippen LogP contribution in [0.15, 0.2) is 224 Å². The normalized spacial score (nSPS) is 14.3.